The monoisotopic (exact) mass is 309 g/mol. The molecule has 3 fully saturated rings. The summed E-state index contributed by atoms with van der Waals surface area (Å²) in [4.78, 5) is 24.3. The van der Waals surface area contributed by atoms with Gasteiger partial charge in [-0.3, -0.25) is 4.79 Å². The van der Waals surface area contributed by atoms with Crippen LogP contribution >= 0.6 is 0 Å². The van der Waals surface area contributed by atoms with Gasteiger partial charge in [0.15, 0.2) is 0 Å². The lowest BCUT2D eigenvalue weighted by Gasteiger charge is -2.40. The van der Waals surface area contributed by atoms with E-state index in [2.05, 4.69) is 5.32 Å². The maximum atomic E-state index is 12.6. The molecule has 5 nitrogen and oxygen atoms in total. The minimum absolute atomic E-state index is 0.00146. The van der Waals surface area contributed by atoms with Crippen LogP contribution in [0.15, 0.2) is 0 Å². The summed E-state index contributed by atoms with van der Waals surface area (Å²) in [6, 6.07) is 0. The summed E-state index contributed by atoms with van der Waals surface area (Å²) >= 11 is 0. The Morgan fingerprint density at radius 1 is 1.00 bits per heavy atom. The number of rotatable bonds is 3. The number of aliphatic carboxylic acids is 1. The maximum absolute atomic E-state index is 12.6. The van der Waals surface area contributed by atoms with Gasteiger partial charge in [-0.05, 0) is 31.1 Å². The van der Waals surface area contributed by atoms with Gasteiger partial charge in [-0.1, -0.05) is 25.7 Å². The van der Waals surface area contributed by atoms with Crippen molar-refractivity contribution in [1.29, 1.82) is 0 Å². The highest BCUT2D eigenvalue weighted by molar-refractivity contribution is 5.88. The molecule has 0 aromatic heterocycles. The zero-order valence-electron chi connectivity index (χ0n) is 13.2. The summed E-state index contributed by atoms with van der Waals surface area (Å²) in [5.41, 5.74) is -1.11. The molecule has 0 aromatic carbocycles. The van der Waals surface area contributed by atoms with E-state index in [1.165, 1.54) is 25.7 Å². The average molecular weight is 309 g/mol. The molecule has 0 aromatic rings. The molecular weight excluding hydrogens is 282 g/mol. The van der Waals surface area contributed by atoms with E-state index in [0.29, 0.717) is 32.0 Å². The van der Waals surface area contributed by atoms with Crippen molar-refractivity contribution in [2.24, 2.45) is 17.8 Å². The van der Waals surface area contributed by atoms with Crippen LogP contribution in [0.3, 0.4) is 0 Å². The highest BCUT2D eigenvalue weighted by atomic mass is 16.5. The Bertz CT molecular complexity index is 430. The fourth-order valence-electron chi connectivity index (χ4n) is 4.56. The van der Waals surface area contributed by atoms with Gasteiger partial charge in [0, 0.05) is 32.0 Å². The van der Waals surface area contributed by atoms with Gasteiger partial charge in [0.1, 0.15) is 5.54 Å². The molecule has 2 aliphatic carbocycles. The number of hydrogen-bond donors (Lipinski definition) is 2. The van der Waals surface area contributed by atoms with Crippen LogP contribution in [0.5, 0.6) is 0 Å². The van der Waals surface area contributed by atoms with Crippen molar-refractivity contribution in [2.45, 2.75) is 63.3 Å². The molecule has 22 heavy (non-hydrogen) atoms. The van der Waals surface area contributed by atoms with Gasteiger partial charge in [0.2, 0.25) is 5.91 Å². The summed E-state index contributed by atoms with van der Waals surface area (Å²) in [7, 11) is 0. The van der Waals surface area contributed by atoms with E-state index in [9.17, 15) is 14.7 Å². The van der Waals surface area contributed by atoms with E-state index in [-0.39, 0.29) is 11.8 Å². The van der Waals surface area contributed by atoms with E-state index in [1.807, 2.05) is 0 Å². The summed E-state index contributed by atoms with van der Waals surface area (Å²) in [6.07, 6.45) is 8.90. The van der Waals surface area contributed by atoms with Crippen molar-refractivity contribution in [1.82, 2.24) is 5.32 Å². The number of carboxylic acid groups (broad SMARTS) is 1. The second kappa shape index (κ2) is 6.57. The van der Waals surface area contributed by atoms with Crippen LogP contribution in [0.2, 0.25) is 0 Å². The van der Waals surface area contributed by atoms with Gasteiger partial charge in [-0.25, -0.2) is 4.79 Å². The molecule has 5 heteroatoms. The molecular formula is C17H27NO4. The molecule has 1 heterocycles. The number of nitrogens with one attached hydrogen (secondary N) is 1. The molecule has 3 rings (SSSR count). The first-order valence-electron chi connectivity index (χ1n) is 8.74. The molecule has 2 N–H and O–H groups in total. The molecule has 3 atom stereocenters. The minimum atomic E-state index is -1.11. The number of hydrogen-bond acceptors (Lipinski definition) is 3. The summed E-state index contributed by atoms with van der Waals surface area (Å²) in [5, 5.41) is 12.4. The Labute approximate surface area is 131 Å². The van der Waals surface area contributed by atoms with Gasteiger partial charge in [0.25, 0.3) is 0 Å². The molecule has 0 spiro atoms. The fourth-order valence-corrected chi connectivity index (χ4v) is 4.56. The van der Waals surface area contributed by atoms with Crippen LogP contribution in [-0.2, 0) is 14.3 Å². The summed E-state index contributed by atoms with van der Waals surface area (Å²) in [6.45, 7) is 0.809. The molecule has 0 radical (unpaired) electrons. The van der Waals surface area contributed by atoms with Gasteiger partial charge >= 0.3 is 5.97 Å². The Balaban J connectivity index is 1.62. The molecule has 2 saturated carbocycles. The molecule has 1 saturated heterocycles. The lowest BCUT2D eigenvalue weighted by molar-refractivity contribution is -0.153. The summed E-state index contributed by atoms with van der Waals surface area (Å²) in [5.74, 6) is 0.505. The summed E-state index contributed by atoms with van der Waals surface area (Å²) < 4.78 is 5.26. The topological polar surface area (TPSA) is 75.6 Å². The zero-order chi connectivity index (χ0) is 15.6. The van der Waals surface area contributed by atoms with E-state index in [4.69, 9.17) is 4.74 Å². The molecule has 3 unspecified atom stereocenters. The van der Waals surface area contributed by atoms with Crippen LogP contribution in [0.4, 0.5) is 0 Å². The second-order valence-electron chi connectivity index (χ2n) is 7.30. The molecule has 124 valence electrons. The van der Waals surface area contributed by atoms with E-state index >= 15 is 0 Å². The Morgan fingerprint density at radius 2 is 1.68 bits per heavy atom. The van der Waals surface area contributed by atoms with Crippen molar-refractivity contribution in [2.75, 3.05) is 13.2 Å². The van der Waals surface area contributed by atoms with Gasteiger partial charge in [0.05, 0.1) is 0 Å². The highest BCUT2D eigenvalue weighted by Gasteiger charge is 2.44. The predicted molar refractivity (Wildman–Crippen MR) is 81.4 cm³/mol. The minimum Gasteiger partial charge on any atom is -0.480 e. The first kappa shape index (κ1) is 15.8. The average Bonchev–Trinajstić information content (AvgIpc) is 2.55. The smallest absolute Gasteiger partial charge is 0.329 e. The molecule has 1 aliphatic heterocycles. The third-order valence-electron chi connectivity index (χ3n) is 6.03. The lowest BCUT2D eigenvalue weighted by atomic mass is 9.67. The third kappa shape index (κ3) is 3.14. The molecule has 0 bridgehead atoms. The first-order chi connectivity index (χ1) is 10.6. The predicted octanol–water partition coefficient (Wildman–Crippen LogP) is 2.34. The standard InChI is InChI=1S/C17H27NO4/c19-15(18-17(16(20)21)7-9-22-10-8-17)14-6-5-12-3-1-2-4-13(12)11-14/h12-14H,1-11H2,(H,18,19)(H,20,21). The van der Waals surface area contributed by atoms with E-state index in [1.54, 1.807) is 0 Å². The Kier molecular flexibility index (Phi) is 4.71. The molecule has 3 aliphatic rings. The highest BCUT2D eigenvalue weighted by Crippen LogP contribution is 2.42. The second-order valence-corrected chi connectivity index (χ2v) is 7.30. The molecule has 1 amide bonds. The van der Waals surface area contributed by atoms with Crippen LogP contribution in [-0.4, -0.2) is 35.7 Å². The van der Waals surface area contributed by atoms with E-state index in [0.717, 1.165) is 25.2 Å². The first-order valence-corrected chi connectivity index (χ1v) is 8.74. The number of carbonyl (C=O) groups excluding carboxylic acids is 1. The lowest BCUT2D eigenvalue weighted by Crippen LogP contribution is -2.59. The van der Waals surface area contributed by atoms with Crippen molar-refractivity contribution in [3.63, 3.8) is 0 Å². The van der Waals surface area contributed by atoms with Crippen LogP contribution in [0, 0.1) is 17.8 Å². The van der Waals surface area contributed by atoms with Gasteiger partial charge in [-0.2, -0.15) is 0 Å². The van der Waals surface area contributed by atoms with Crippen molar-refractivity contribution in [3.8, 4) is 0 Å². The van der Waals surface area contributed by atoms with Gasteiger partial charge < -0.3 is 15.2 Å². The number of amides is 1. The number of carboxylic acids is 1. The van der Waals surface area contributed by atoms with Gasteiger partial charge in [-0.15, -0.1) is 0 Å². The van der Waals surface area contributed by atoms with Crippen LogP contribution in [0.25, 0.3) is 0 Å². The normalized spacial score (nSPS) is 34.5. The number of ether oxygens (including phenoxy) is 1. The van der Waals surface area contributed by atoms with Crippen molar-refractivity contribution >= 4 is 11.9 Å². The third-order valence-corrected chi connectivity index (χ3v) is 6.03. The van der Waals surface area contributed by atoms with Crippen LogP contribution < -0.4 is 5.32 Å². The SMILES string of the molecule is O=C(NC1(C(=O)O)CCOCC1)C1CCC2CCCCC2C1. The Morgan fingerprint density at radius 3 is 2.36 bits per heavy atom. The van der Waals surface area contributed by atoms with Crippen molar-refractivity contribution < 1.29 is 19.4 Å². The van der Waals surface area contributed by atoms with Crippen molar-refractivity contribution in [3.05, 3.63) is 0 Å². The largest absolute Gasteiger partial charge is 0.480 e. The van der Waals surface area contributed by atoms with Crippen LogP contribution in [0.1, 0.15) is 57.8 Å². The number of fused-ring (bicyclic) bond motifs is 1. The quantitative estimate of drug-likeness (QED) is 0.839. The van der Waals surface area contributed by atoms with E-state index < -0.39 is 11.5 Å². The fraction of sp³-hybridized carbons (Fsp3) is 0.882. The zero-order valence-corrected chi connectivity index (χ0v) is 13.2. The number of carbonyl (C=O) groups is 2. The Hall–Kier alpha value is -1.10. The maximum Gasteiger partial charge on any atom is 0.329 e.